The monoisotopic (exact) mass is 369 g/mol. The summed E-state index contributed by atoms with van der Waals surface area (Å²) in [5.41, 5.74) is 3.62. The summed E-state index contributed by atoms with van der Waals surface area (Å²) in [6, 6.07) is 7.61. The molecule has 1 heterocycles. The van der Waals surface area contributed by atoms with Crippen LogP contribution in [-0.2, 0) is 14.3 Å². The van der Waals surface area contributed by atoms with Crippen LogP contribution in [0.1, 0.15) is 52.0 Å². The van der Waals surface area contributed by atoms with Crippen molar-refractivity contribution < 1.29 is 19.1 Å². The first kappa shape index (κ1) is 19.2. The third-order valence-corrected chi connectivity index (χ3v) is 5.17. The Kier molecular flexibility index (Phi) is 5.13. The topological polar surface area (TPSA) is 64.6 Å². The van der Waals surface area contributed by atoms with Crippen molar-refractivity contribution in [1.29, 1.82) is 0 Å². The molecular formula is C22H27NO4. The number of carbonyl (C=O) groups is 2. The summed E-state index contributed by atoms with van der Waals surface area (Å²) in [7, 11) is 1.37. The molecular weight excluding hydrogens is 342 g/mol. The lowest BCUT2D eigenvalue weighted by Gasteiger charge is -2.39. The second kappa shape index (κ2) is 7.22. The maximum atomic E-state index is 13.1. The molecule has 1 atom stereocenters. The van der Waals surface area contributed by atoms with Crippen LogP contribution in [0, 0.1) is 5.41 Å². The SMILES string of the molecule is CCOc1ccc([C@@H]2C(C(=O)OC)=C(C)NC3=C2C(=O)CC(C)(C)C3)cc1. The van der Waals surface area contributed by atoms with E-state index < -0.39 is 11.9 Å². The van der Waals surface area contributed by atoms with Crippen LogP contribution in [0.3, 0.4) is 0 Å². The van der Waals surface area contributed by atoms with Crippen molar-refractivity contribution in [2.45, 2.75) is 46.5 Å². The number of hydrogen-bond donors (Lipinski definition) is 1. The minimum absolute atomic E-state index is 0.0848. The lowest BCUT2D eigenvalue weighted by Crippen LogP contribution is -2.38. The van der Waals surface area contributed by atoms with Crippen molar-refractivity contribution in [2.24, 2.45) is 5.41 Å². The average molecular weight is 369 g/mol. The predicted molar refractivity (Wildman–Crippen MR) is 103 cm³/mol. The van der Waals surface area contributed by atoms with Crippen LogP contribution < -0.4 is 10.1 Å². The molecule has 2 aliphatic rings. The zero-order valence-electron chi connectivity index (χ0n) is 16.6. The van der Waals surface area contributed by atoms with Gasteiger partial charge in [0.1, 0.15) is 5.75 Å². The molecule has 5 nitrogen and oxygen atoms in total. The fourth-order valence-corrected chi connectivity index (χ4v) is 4.07. The van der Waals surface area contributed by atoms with E-state index in [0.717, 1.165) is 29.1 Å². The quantitative estimate of drug-likeness (QED) is 0.817. The maximum Gasteiger partial charge on any atom is 0.336 e. The molecule has 0 unspecified atom stereocenters. The first-order chi connectivity index (χ1) is 12.8. The van der Waals surface area contributed by atoms with E-state index in [1.54, 1.807) is 0 Å². The van der Waals surface area contributed by atoms with Crippen LogP contribution in [0.4, 0.5) is 0 Å². The summed E-state index contributed by atoms with van der Waals surface area (Å²) in [6.45, 7) is 8.57. The number of ketones is 1. The van der Waals surface area contributed by atoms with E-state index in [4.69, 9.17) is 9.47 Å². The molecule has 0 saturated heterocycles. The Bertz CT molecular complexity index is 830. The van der Waals surface area contributed by atoms with Crippen molar-refractivity contribution in [2.75, 3.05) is 13.7 Å². The van der Waals surface area contributed by atoms with Gasteiger partial charge in [-0.2, -0.15) is 0 Å². The highest BCUT2D eigenvalue weighted by Gasteiger charge is 2.42. The summed E-state index contributed by atoms with van der Waals surface area (Å²) < 4.78 is 10.6. The van der Waals surface area contributed by atoms with Crippen molar-refractivity contribution in [3.05, 3.63) is 52.4 Å². The van der Waals surface area contributed by atoms with E-state index in [0.29, 0.717) is 24.2 Å². The van der Waals surface area contributed by atoms with Crippen molar-refractivity contribution in [1.82, 2.24) is 5.32 Å². The van der Waals surface area contributed by atoms with Crippen LogP contribution in [0.5, 0.6) is 5.75 Å². The number of hydrogen-bond acceptors (Lipinski definition) is 5. The molecule has 0 amide bonds. The van der Waals surface area contributed by atoms with Gasteiger partial charge in [0.25, 0.3) is 0 Å². The van der Waals surface area contributed by atoms with E-state index in [1.165, 1.54) is 7.11 Å². The summed E-state index contributed by atoms with van der Waals surface area (Å²) in [6.07, 6.45) is 1.24. The van der Waals surface area contributed by atoms with Gasteiger partial charge >= 0.3 is 5.97 Å². The number of dihydropyridines is 1. The van der Waals surface area contributed by atoms with Gasteiger partial charge in [0.15, 0.2) is 5.78 Å². The smallest absolute Gasteiger partial charge is 0.336 e. The van der Waals surface area contributed by atoms with Gasteiger partial charge in [0, 0.05) is 29.3 Å². The third kappa shape index (κ3) is 3.64. The fraction of sp³-hybridized carbons (Fsp3) is 0.455. The number of Topliss-reactive ketones (excluding diaryl/α,β-unsaturated/α-hetero) is 1. The first-order valence-electron chi connectivity index (χ1n) is 9.32. The van der Waals surface area contributed by atoms with Gasteiger partial charge in [-0.05, 0) is 43.4 Å². The molecule has 0 saturated carbocycles. The highest BCUT2D eigenvalue weighted by Crippen LogP contribution is 2.46. The summed E-state index contributed by atoms with van der Waals surface area (Å²) in [5, 5.41) is 3.31. The van der Waals surface area contributed by atoms with Gasteiger partial charge in [-0.3, -0.25) is 4.79 Å². The number of carbonyl (C=O) groups excluding carboxylic acids is 2. The van der Waals surface area contributed by atoms with E-state index in [9.17, 15) is 9.59 Å². The number of esters is 1. The Labute approximate surface area is 160 Å². The molecule has 0 spiro atoms. The highest BCUT2D eigenvalue weighted by atomic mass is 16.5. The van der Waals surface area contributed by atoms with Crippen molar-refractivity contribution in [3.63, 3.8) is 0 Å². The van der Waals surface area contributed by atoms with Crippen LogP contribution in [0.2, 0.25) is 0 Å². The van der Waals surface area contributed by atoms with Gasteiger partial charge in [0.2, 0.25) is 0 Å². The molecule has 0 bridgehead atoms. The molecule has 0 radical (unpaired) electrons. The Morgan fingerprint density at radius 3 is 2.48 bits per heavy atom. The molecule has 0 aromatic heterocycles. The molecule has 144 valence electrons. The molecule has 27 heavy (non-hydrogen) atoms. The van der Waals surface area contributed by atoms with Gasteiger partial charge < -0.3 is 14.8 Å². The van der Waals surface area contributed by atoms with Crippen molar-refractivity contribution >= 4 is 11.8 Å². The zero-order chi connectivity index (χ0) is 19.8. The lowest BCUT2D eigenvalue weighted by molar-refractivity contribution is -0.136. The molecule has 1 aromatic carbocycles. The Morgan fingerprint density at radius 2 is 1.89 bits per heavy atom. The molecule has 1 aliphatic heterocycles. The van der Waals surface area contributed by atoms with Gasteiger partial charge in [-0.15, -0.1) is 0 Å². The zero-order valence-corrected chi connectivity index (χ0v) is 16.6. The maximum absolute atomic E-state index is 13.1. The Balaban J connectivity index is 2.13. The molecule has 1 N–H and O–H groups in total. The van der Waals surface area contributed by atoms with Gasteiger partial charge in [-0.25, -0.2) is 4.79 Å². The van der Waals surface area contributed by atoms with Crippen LogP contribution in [-0.4, -0.2) is 25.5 Å². The van der Waals surface area contributed by atoms with E-state index in [-0.39, 0.29) is 11.2 Å². The molecule has 5 heteroatoms. The number of ether oxygens (including phenoxy) is 2. The van der Waals surface area contributed by atoms with Crippen LogP contribution in [0.15, 0.2) is 46.8 Å². The minimum Gasteiger partial charge on any atom is -0.494 e. The molecule has 1 aliphatic carbocycles. The molecule has 3 rings (SSSR count). The van der Waals surface area contributed by atoms with E-state index >= 15 is 0 Å². The predicted octanol–water partition coefficient (Wildman–Crippen LogP) is 3.86. The number of rotatable bonds is 4. The largest absolute Gasteiger partial charge is 0.494 e. The third-order valence-electron chi connectivity index (χ3n) is 5.17. The van der Waals surface area contributed by atoms with Crippen LogP contribution in [0.25, 0.3) is 0 Å². The second-order valence-corrected chi connectivity index (χ2v) is 7.92. The Hall–Kier alpha value is -2.56. The summed E-state index contributed by atoms with van der Waals surface area (Å²) in [5.74, 6) is 0.0124. The number of benzene rings is 1. The number of methoxy groups -OCH3 is 1. The second-order valence-electron chi connectivity index (χ2n) is 7.92. The average Bonchev–Trinajstić information content (AvgIpc) is 2.60. The summed E-state index contributed by atoms with van der Waals surface area (Å²) >= 11 is 0. The van der Waals surface area contributed by atoms with E-state index in [1.807, 2.05) is 38.1 Å². The number of nitrogens with one attached hydrogen (secondary N) is 1. The Morgan fingerprint density at radius 1 is 1.22 bits per heavy atom. The normalized spacial score (nSPS) is 21.5. The van der Waals surface area contributed by atoms with Crippen LogP contribution >= 0.6 is 0 Å². The molecule has 0 fully saturated rings. The summed E-state index contributed by atoms with van der Waals surface area (Å²) in [4.78, 5) is 25.6. The highest BCUT2D eigenvalue weighted by molar-refractivity contribution is 6.04. The standard InChI is InChI=1S/C22H27NO4/c1-6-27-15-9-7-14(8-10-15)19-18(21(25)26-5)13(2)23-16-11-22(3,4)12-17(24)20(16)19/h7-10,19,23H,6,11-12H2,1-5H3/t19-/m1/s1. The van der Waals surface area contributed by atoms with E-state index in [2.05, 4.69) is 19.2 Å². The first-order valence-corrected chi connectivity index (χ1v) is 9.32. The minimum atomic E-state index is -0.423. The van der Waals surface area contributed by atoms with Gasteiger partial charge in [0.05, 0.1) is 19.3 Å². The van der Waals surface area contributed by atoms with Gasteiger partial charge in [-0.1, -0.05) is 26.0 Å². The van der Waals surface area contributed by atoms with Crippen molar-refractivity contribution in [3.8, 4) is 5.75 Å². The lowest BCUT2D eigenvalue weighted by atomic mass is 9.68. The number of allylic oxidation sites excluding steroid dienone is 3. The molecule has 1 aromatic rings. The fourth-order valence-electron chi connectivity index (χ4n) is 4.07.